The molecule has 0 atom stereocenters. The molecule has 88 valence electrons. The first-order valence-corrected chi connectivity index (χ1v) is 4.99. The molecule has 0 unspecified atom stereocenters. The first-order chi connectivity index (χ1) is 8.07. The van der Waals surface area contributed by atoms with Gasteiger partial charge in [-0.25, -0.2) is 4.79 Å². The predicted molar refractivity (Wildman–Crippen MR) is 61.2 cm³/mol. The maximum absolute atomic E-state index is 11.6. The van der Waals surface area contributed by atoms with Gasteiger partial charge in [0.25, 0.3) is 0 Å². The van der Waals surface area contributed by atoms with Gasteiger partial charge in [-0.2, -0.15) is 0 Å². The molecule has 1 heterocycles. The van der Waals surface area contributed by atoms with Crippen LogP contribution < -0.4 is 0 Å². The van der Waals surface area contributed by atoms with Crippen LogP contribution in [0.4, 0.5) is 0 Å². The summed E-state index contributed by atoms with van der Waals surface area (Å²) in [4.78, 5) is 23.1. The molecule has 0 aliphatic carbocycles. The van der Waals surface area contributed by atoms with Crippen LogP contribution in [0.3, 0.4) is 0 Å². The van der Waals surface area contributed by atoms with E-state index in [2.05, 4.69) is 4.74 Å². The van der Waals surface area contributed by atoms with Crippen molar-refractivity contribution in [3.63, 3.8) is 0 Å². The lowest BCUT2D eigenvalue weighted by Gasteiger charge is -2.04. The molecule has 2 rings (SSSR count). The van der Waals surface area contributed by atoms with Gasteiger partial charge in [-0.3, -0.25) is 9.36 Å². The Bertz CT molecular complexity index is 612. The molecule has 17 heavy (non-hydrogen) atoms. The van der Waals surface area contributed by atoms with Crippen LogP contribution in [0.5, 0.6) is 5.75 Å². The van der Waals surface area contributed by atoms with Crippen LogP contribution in [0.15, 0.2) is 24.3 Å². The summed E-state index contributed by atoms with van der Waals surface area (Å²) in [7, 11) is 1.20. The second kappa shape index (κ2) is 3.93. The number of nitrogens with zero attached hydrogens (tertiary/aromatic N) is 1. The highest BCUT2D eigenvalue weighted by Crippen LogP contribution is 2.32. The Morgan fingerprint density at radius 2 is 1.94 bits per heavy atom. The van der Waals surface area contributed by atoms with E-state index in [9.17, 15) is 14.7 Å². The average molecular weight is 233 g/mol. The summed E-state index contributed by atoms with van der Waals surface area (Å²) in [6, 6.07) is 6.73. The number of ether oxygens (including phenoxy) is 1. The van der Waals surface area contributed by atoms with Crippen LogP contribution in [-0.4, -0.2) is 28.7 Å². The van der Waals surface area contributed by atoms with Gasteiger partial charge < -0.3 is 9.84 Å². The fourth-order valence-electron chi connectivity index (χ4n) is 1.83. The summed E-state index contributed by atoms with van der Waals surface area (Å²) in [6.45, 7) is 1.32. The lowest BCUT2D eigenvalue weighted by molar-refractivity contribution is 0.0579. The van der Waals surface area contributed by atoms with Crippen molar-refractivity contribution in [2.45, 2.75) is 6.92 Å². The molecule has 5 heteroatoms. The van der Waals surface area contributed by atoms with E-state index < -0.39 is 5.97 Å². The van der Waals surface area contributed by atoms with Gasteiger partial charge in [0.15, 0.2) is 11.4 Å². The molecule has 0 amide bonds. The zero-order chi connectivity index (χ0) is 12.6. The number of hydrogen-bond donors (Lipinski definition) is 1. The molecule has 0 saturated carbocycles. The molecule has 0 saturated heterocycles. The highest BCUT2D eigenvalue weighted by Gasteiger charge is 2.24. The minimum absolute atomic E-state index is 0.138. The molecular formula is C12H11NO4. The van der Waals surface area contributed by atoms with E-state index in [0.717, 1.165) is 4.57 Å². The highest BCUT2D eigenvalue weighted by molar-refractivity contribution is 6.07. The van der Waals surface area contributed by atoms with Crippen LogP contribution >= 0.6 is 0 Å². The summed E-state index contributed by atoms with van der Waals surface area (Å²) in [5, 5.41) is 10.4. The second-order valence-electron chi connectivity index (χ2n) is 3.56. The number of carbonyl (C=O) groups is 2. The standard InChI is InChI=1S/C12H11NO4/c1-7(14)13-9-6-4-3-5-8(9)11(15)10(13)12(16)17-2/h3-6,15H,1-2H3. The molecule has 2 aromatic rings. The number of esters is 1. The predicted octanol–water partition coefficient (Wildman–Crippen LogP) is 1.79. The molecule has 0 bridgehead atoms. The van der Waals surface area contributed by atoms with E-state index in [0.29, 0.717) is 10.9 Å². The number of benzene rings is 1. The third-order valence-electron chi connectivity index (χ3n) is 2.54. The summed E-state index contributed by atoms with van der Waals surface area (Å²) < 4.78 is 5.71. The van der Waals surface area contributed by atoms with Crippen molar-refractivity contribution in [2.24, 2.45) is 0 Å². The topological polar surface area (TPSA) is 68.5 Å². The molecule has 1 N–H and O–H groups in total. The highest BCUT2D eigenvalue weighted by atomic mass is 16.5. The van der Waals surface area contributed by atoms with Gasteiger partial charge in [-0.05, 0) is 12.1 Å². The first-order valence-electron chi connectivity index (χ1n) is 4.99. The van der Waals surface area contributed by atoms with E-state index >= 15 is 0 Å². The van der Waals surface area contributed by atoms with Crippen LogP contribution in [0.1, 0.15) is 22.2 Å². The van der Waals surface area contributed by atoms with Gasteiger partial charge in [-0.15, -0.1) is 0 Å². The van der Waals surface area contributed by atoms with Crippen molar-refractivity contribution in [3.8, 4) is 5.75 Å². The zero-order valence-corrected chi connectivity index (χ0v) is 9.43. The molecule has 1 aromatic carbocycles. The van der Waals surface area contributed by atoms with Crippen molar-refractivity contribution in [1.29, 1.82) is 0 Å². The number of aromatic nitrogens is 1. The lowest BCUT2D eigenvalue weighted by atomic mass is 10.2. The maximum atomic E-state index is 11.6. The molecular weight excluding hydrogens is 222 g/mol. The van der Waals surface area contributed by atoms with Gasteiger partial charge >= 0.3 is 5.97 Å². The van der Waals surface area contributed by atoms with E-state index in [1.807, 2.05) is 0 Å². The van der Waals surface area contributed by atoms with Crippen molar-refractivity contribution in [1.82, 2.24) is 4.57 Å². The van der Waals surface area contributed by atoms with Crippen molar-refractivity contribution in [3.05, 3.63) is 30.0 Å². The van der Waals surface area contributed by atoms with Crippen LogP contribution in [0, 0.1) is 0 Å². The molecule has 0 spiro atoms. The Labute approximate surface area is 97.2 Å². The fourth-order valence-corrected chi connectivity index (χ4v) is 1.83. The fraction of sp³-hybridized carbons (Fsp3) is 0.167. The van der Waals surface area contributed by atoms with E-state index in [4.69, 9.17) is 0 Å². The van der Waals surface area contributed by atoms with Crippen LogP contribution in [-0.2, 0) is 4.74 Å². The lowest BCUT2D eigenvalue weighted by Crippen LogP contribution is -2.15. The summed E-state index contributed by atoms with van der Waals surface area (Å²) in [5.41, 5.74) is 0.346. The maximum Gasteiger partial charge on any atom is 0.359 e. The Morgan fingerprint density at radius 3 is 2.53 bits per heavy atom. The Balaban J connectivity index is 2.90. The minimum atomic E-state index is -0.742. The van der Waals surface area contributed by atoms with Gasteiger partial charge in [0.05, 0.1) is 12.6 Å². The van der Waals surface area contributed by atoms with Crippen molar-refractivity contribution < 1.29 is 19.4 Å². The Morgan fingerprint density at radius 1 is 1.29 bits per heavy atom. The quantitative estimate of drug-likeness (QED) is 0.762. The number of rotatable bonds is 1. The number of hydrogen-bond acceptors (Lipinski definition) is 4. The van der Waals surface area contributed by atoms with Crippen LogP contribution in [0.25, 0.3) is 10.9 Å². The van der Waals surface area contributed by atoms with E-state index in [1.165, 1.54) is 14.0 Å². The van der Waals surface area contributed by atoms with Gasteiger partial charge in [0, 0.05) is 12.3 Å². The van der Waals surface area contributed by atoms with E-state index in [-0.39, 0.29) is 17.4 Å². The normalized spacial score (nSPS) is 10.5. The molecule has 0 aliphatic rings. The number of carbonyl (C=O) groups excluding carboxylic acids is 2. The monoisotopic (exact) mass is 233 g/mol. The summed E-state index contributed by atoms with van der Waals surface area (Å²) in [6.07, 6.45) is 0. The van der Waals surface area contributed by atoms with Crippen molar-refractivity contribution in [2.75, 3.05) is 7.11 Å². The molecule has 1 aromatic heterocycles. The Kier molecular flexibility index (Phi) is 2.59. The van der Waals surface area contributed by atoms with Gasteiger partial charge in [0.1, 0.15) is 0 Å². The zero-order valence-electron chi connectivity index (χ0n) is 9.43. The average Bonchev–Trinajstić information content (AvgIpc) is 2.62. The second-order valence-corrected chi connectivity index (χ2v) is 3.56. The minimum Gasteiger partial charge on any atom is -0.505 e. The number of fused-ring (bicyclic) bond motifs is 1. The number of aromatic hydroxyl groups is 1. The summed E-state index contributed by atoms with van der Waals surface area (Å²) >= 11 is 0. The SMILES string of the molecule is COC(=O)c1c(O)c2ccccc2n1C(C)=O. The Hall–Kier alpha value is -2.30. The third kappa shape index (κ3) is 1.56. The largest absolute Gasteiger partial charge is 0.505 e. The number of methoxy groups -OCH3 is 1. The molecule has 0 fully saturated rings. The first kappa shape index (κ1) is 11.2. The van der Waals surface area contributed by atoms with Crippen molar-refractivity contribution >= 4 is 22.8 Å². The molecule has 0 aliphatic heterocycles. The molecule has 0 radical (unpaired) electrons. The van der Waals surface area contributed by atoms with E-state index in [1.54, 1.807) is 24.3 Å². The molecule has 5 nitrogen and oxygen atoms in total. The smallest absolute Gasteiger partial charge is 0.359 e. The van der Waals surface area contributed by atoms with Crippen LogP contribution in [0.2, 0.25) is 0 Å². The van der Waals surface area contributed by atoms with Gasteiger partial charge in [-0.1, -0.05) is 12.1 Å². The number of para-hydroxylation sites is 1. The van der Waals surface area contributed by atoms with Gasteiger partial charge in [0.2, 0.25) is 5.91 Å². The summed E-state index contributed by atoms with van der Waals surface area (Å²) in [5.74, 6) is -1.33. The third-order valence-corrected chi connectivity index (χ3v) is 2.54.